The van der Waals surface area contributed by atoms with Gasteiger partial charge in [-0.05, 0) is 74.6 Å². The van der Waals surface area contributed by atoms with Crippen LogP contribution in [-0.2, 0) is 22.6 Å². The topological polar surface area (TPSA) is 106 Å². The first kappa shape index (κ1) is 25.3. The van der Waals surface area contributed by atoms with E-state index in [9.17, 15) is 9.59 Å². The molecule has 0 saturated carbocycles. The molecule has 37 heavy (non-hydrogen) atoms. The number of nitrogens with zero attached hydrogens (tertiary/aromatic N) is 3. The van der Waals surface area contributed by atoms with E-state index in [1.807, 2.05) is 44.2 Å². The number of aromatic amines is 2. The van der Waals surface area contributed by atoms with Gasteiger partial charge in [0, 0.05) is 28.2 Å². The van der Waals surface area contributed by atoms with Crippen LogP contribution in [0.15, 0.2) is 57.0 Å². The number of aryl methyl sites for hydroxylation is 2. The van der Waals surface area contributed by atoms with E-state index in [2.05, 4.69) is 15.0 Å². The van der Waals surface area contributed by atoms with E-state index in [0.717, 1.165) is 51.6 Å². The molecule has 194 valence electrons. The second kappa shape index (κ2) is 10.9. The lowest BCUT2D eigenvalue weighted by Gasteiger charge is -2.22. The number of fused-ring (bicyclic) bond motifs is 1. The molecule has 2 aromatic heterocycles. The van der Waals surface area contributed by atoms with Gasteiger partial charge in [-0.15, -0.1) is 0 Å². The molecule has 5 rings (SSSR count). The molecule has 0 amide bonds. The molecule has 4 aromatic rings. The number of aromatic nitrogens is 4. The third kappa shape index (κ3) is 5.64. The molecule has 0 aliphatic carbocycles. The Balaban J connectivity index is 1.53. The summed E-state index contributed by atoms with van der Waals surface area (Å²) in [4.78, 5) is 37.4. The zero-order valence-corrected chi connectivity index (χ0v) is 21.7. The fourth-order valence-corrected chi connectivity index (χ4v) is 4.64. The predicted molar refractivity (Wildman–Crippen MR) is 142 cm³/mol. The van der Waals surface area contributed by atoms with Crippen LogP contribution in [0.3, 0.4) is 0 Å². The van der Waals surface area contributed by atoms with E-state index in [1.54, 1.807) is 12.1 Å². The van der Waals surface area contributed by atoms with Gasteiger partial charge in [-0.3, -0.25) is 9.55 Å². The van der Waals surface area contributed by atoms with Crippen molar-refractivity contribution in [2.24, 2.45) is 4.99 Å². The molecule has 1 atom stereocenters. The molecule has 1 saturated heterocycles. The zero-order valence-electron chi connectivity index (χ0n) is 20.9. The molecule has 2 aromatic carbocycles. The van der Waals surface area contributed by atoms with Gasteiger partial charge in [0.1, 0.15) is 0 Å². The minimum atomic E-state index is -0.543. The molecular weight excluding hydrogens is 494 g/mol. The number of hydrogen-bond acceptors (Lipinski definition) is 5. The fraction of sp³-hybridized carbons (Fsp3) is 0.370. The fourth-order valence-electron chi connectivity index (χ4n) is 4.51. The molecule has 0 spiro atoms. The van der Waals surface area contributed by atoms with Crippen LogP contribution in [0.2, 0.25) is 5.02 Å². The maximum atomic E-state index is 13.6. The average Bonchev–Trinajstić information content (AvgIpc) is 3.18. The van der Waals surface area contributed by atoms with Gasteiger partial charge in [0.15, 0.2) is 6.29 Å². The Hall–Kier alpha value is -3.40. The highest BCUT2D eigenvalue weighted by molar-refractivity contribution is 6.30. The van der Waals surface area contributed by atoms with Crippen LogP contribution >= 0.6 is 11.6 Å². The molecule has 0 radical (unpaired) electrons. The summed E-state index contributed by atoms with van der Waals surface area (Å²) in [6.45, 7) is 5.23. The predicted octanol–water partition coefficient (Wildman–Crippen LogP) is 3.91. The van der Waals surface area contributed by atoms with Crippen LogP contribution in [0.4, 0.5) is 5.69 Å². The maximum Gasteiger partial charge on any atom is 0.335 e. The van der Waals surface area contributed by atoms with E-state index in [1.165, 1.54) is 4.57 Å². The second-order valence-corrected chi connectivity index (χ2v) is 9.72. The molecule has 2 N–H and O–H groups in total. The Morgan fingerprint density at radius 2 is 1.89 bits per heavy atom. The third-order valence-electron chi connectivity index (χ3n) is 6.72. The first-order valence-corrected chi connectivity index (χ1v) is 12.8. The van der Waals surface area contributed by atoms with Crippen molar-refractivity contribution >= 4 is 28.2 Å². The molecule has 1 aliphatic rings. The summed E-state index contributed by atoms with van der Waals surface area (Å²) >= 11 is 6.05. The van der Waals surface area contributed by atoms with Crippen LogP contribution in [0.25, 0.3) is 10.9 Å². The largest absolute Gasteiger partial charge is 0.358 e. The quantitative estimate of drug-likeness (QED) is 0.383. The lowest BCUT2D eigenvalue weighted by Crippen LogP contribution is -2.50. The van der Waals surface area contributed by atoms with E-state index in [-0.39, 0.29) is 31.6 Å². The molecular formula is C27H30ClN5O4. The van der Waals surface area contributed by atoms with E-state index < -0.39 is 11.4 Å². The Morgan fingerprint density at radius 1 is 1.08 bits per heavy atom. The van der Waals surface area contributed by atoms with Crippen molar-refractivity contribution in [1.29, 1.82) is 0 Å². The summed E-state index contributed by atoms with van der Waals surface area (Å²) in [7, 11) is 0. The molecule has 10 heteroatoms. The highest BCUT2D eigenvalue weighted by Gasteiger charge is 2.15. The Morgan fingerprint density at radius 3 is 2.65 bits per heavy atom. The Kier molecular flexibility index (Phi) is 7.45. The van der Waals surface area contributed by atoms with Gasteiger partial charge in [0.05, 0.1) is 25.4 Å². The number of H-pyrrole nitrogens is 2. The van der Waals surface area contributed by atoms with E-state index in [0.29, 0.717) is 17.3 Å². The van der Waals surface area contributed by atoms with Crippen molar-refractivity contribution < 1.29 is 9.47 Å². The summed E-state index contributed by atoms with van der Waals surface area (Å²) in [5.41, 5.74) is 3.86. The van der Waals surface area contributed by atoms with Crippen molar-refractivity contribution in [3.63, 3.8) is 0 Å². The zero-order chi connectivity index (χ0) is 25.9. The average molecular weight is 524 g/mol. The number of halogens is 1. The normalized spacial score (nSPS) is 16.5. The second-order valence-electron chi connectivity index (χ2n) is 9.28. The molecule has 9 nitrogen and oxygen atoms in total. The maximum absolute atomic E-state index is 13.6. The lowest BCUT2D eigenvalue weighted by atomic mass is 10.1. The van der Waals surface area contributed by atoms with Crippen LogP contribution in [-0.4, -0.2) is 38.6 Å². The van der Waals surface area contributed by atoms with Crippen LogP contribution in [0.5, 0.6) is 0 Å². The monoisotopic (exact) mass is 523 g/mol. The highest BCUT2D eigenvalue weighted by Crippen LogP contribution is 2.25. The Labute approximate surface area is 218 Å². The SMILES string of the molecule is Cc1[nH]c2ccc(/N=c3\[nH]c(=O)n(CCOC4CCCCO4)c(=O)n3Cc3ccc(Cl)cc3)cc2c1C. The van der Waals surface area contributed by atoms with Gasteiger partial charge >= 0.3 is 11.4 Å². The molecule has 0 bridgehead atoms. The number of benzene rings is 2. The van der Waals surface area contributed by atoms with E-state index >= 15 is 0 Å². The van der Waals surface area contributed by atoms with Crippen molar-refractivity contribution in [2.45, 2.75) is 52.5 Å². The van der Waals surface area contributed by atoms with Crippen LogP contribution in [0.1, 0.15) is 36.1 Å². The molecule has 1 unspecified atom stereocenters. The minimum Gasteiger partial charge on any atom is -0.358 e. The number of rotatable bonds is 7. The summed E-state index contributed by atoms with van der Waals surface area (Å²) < 4.78 is 13.9. The molecule has 3 heterocycles. The summed E-state index contributed by atoms with van der Waals surface area (Å²) in [5.74, 6) is 0. The number of ether oxygens (including phenoxy) is 2. The van der Waals surface area contributed by atoms with Gasteiger partial charge in [-0.1, -0.05) is 23.7 Å². The standard InChI is InChI=1S/C27H30ClN5O4/c1-17-18(2)29-23-11-10-21(15-22(17)23)30-25-31-26(34)32(12-14-37-24-5-3-4-13-36-24)27(35)33(25)16-19-6-8-20(28)9-7-19/h6-11,15,24,29H,3-5,12-14,16H2,1-2H3,(H,30,31,34). The Bertz CT molecular complexity index is 1590. The van der Waals surface area contributed by atoms with Gasteiger partial charge < -0.3 is 14.5 Å². The van der Waals surface area contributed by atoms with Crippen LogP contribution < -0.4 is 17.0 Å². The van der Waals surface area contributed by atoms with Crippen LogP contribution in [0, 0.1) is 13.8 Å². The number of nitrogens with one attached hydrogen (secondary N) is 2. The van der Waals surface area contributed by atoms with Gasteiger partial charge in [0.2, 0.25) is 5.62 Å². The number of hydrogen-bond donors (Lipinski definition) is 2. The smallest absolute Gasteiger partial charge is 0.335 e. The summed E-state index contributed by atoms with van der Waals surface area (Å²) in [6.07, 6.45) is 2.57. The van der Waals surface area contributed by atoms with Gasteiger partial charge in [0.25, 0.3) is 0 Å². The molecule has 1 aliphatic heterocycles. The van der Waals surface area contributed by atoms with Crippen molar-refractivity contribution in [3.05, 3.63) is 90.9 Å². The van der Waals surface area contributed by atoms with Crippen molar-refractivity contribution in [3.8, 4) is 0 Å². The lowest BCUT2D eigenvalue weighted by molar-refractivity contribution is -0.163. The highest BCUT2D eigenvalue weighted by atomic mass is 35.5. The van der Waals surface area contributed by atoms with Gasteiger partial charge in [-0.2, -0.15) is 0 Å². The third-order valence-corrected chi connectivity index (χ3v) is 6.97. The first-order chi connectivity index (χ1) is 17.9. The van der Waals surface area contributed by atoms with E-state index in [4.69, 9.17) is 21.1 Å². The van der Waals surface area contributed by atoms with Crippen molar-refractivity contribution in [2.75, 3.05) is 13.2 Å². The van der Waals surface area contributed by atoms with Gasteiger partial charge in [-0.25, -0.2) is 19.1 Å². The van der Waals surface area contributed by atoms with Crippen molar-refractivity contribution in [1.82, 2.24) is 19.1 Å². The first-order valence-electron chi connectivity index (χ1n) is 12.4. The summed E-state index contributed by atoms with van der Waals surface area (Å²) in [6, 6.07) is 13.0. The summed E-state index contributed by atoms with van der Waals surface area (Å²) in [5, 5.41) is 1.64. The minimum absolute atomic E-state index is 0.0999. The molecule has 1 fully saturated rings.